The van der Waals surface area contributed by atoms with Crippen LogP contribution in [0.5, 0.6) is 0 Å². The Kier molecular flexibility index (Phi) is 3.34. The number of aliphatic hydroxyl groups is 1. The molecule has 0 aromatic rings. The summed E-state index contributed by atoms with van der Waals surface area (Å²) in [5.74, 6) is 0. The molecule has 1 fully saturated rings. The van der Waals surface area contributed by atoms with Gasteiger partial charge >= 0.3 is 6.03 Å². The largest absolute Gasteiger partial charge is 0.395 e. The molecule has 1 aliphatic rings. The minimum Gasteiger partial charge on any atom is -0.395 e. The first kappa shape index (κ1) is 9.32. The van der Waals surface area contributed by atoms with Gasteiger partial charge in [0, 0.05) is 19.6 Å². The molecule has 1 saturated carbocycles. The minimum absolute atomic E-state index is 0.0456. The van der Waals surface area contributed by atoms with Crippen LogP contribution in [0, 0.1) is 0 Å². The van der Waals surface area contributed by atoms with Crippen molar-refractivity contribution in [2.45, 2.75) is 25.3 Å². The molecule has 4 nitrogen and oxygen atoms in total. The van der Waals surface area contributed by atoms with E-state index in [1.807, 2.05) is 0 Å². The highest BCUT2D eigenvalue weighted by Crippen LogP contribution is 2.24. The molecule has 70 valence electrons. The van der Waals surface area contributed by atoms with Crippen molar-refractivity contribution in [1.29, 1.82) is 0 Å². The van der Waals surface area contributed by atoms with Crippen LogP contribution in [0.2, 0.25) is 0 Å². The van der Waals surface area contributed by atoms with E-state index in [0.29, 0.717) is 12.6 Å². The summed E-state index contributed by atoms with van der Waals surface area (Å²) in [5.41, 5.74) is 0. The summed E-state index contributed by atoms with van der Waals surface area (Å²) >= 11 is 0. The maximum atomic E-state index is 11.2. The second-order valence-electron chi connectivity index (χ2n) is 3.06. The Morgan fingerprint density at radius 2 is 2.33 bits per heavy atom. The van der Waals surface area contributed by atoms with Gasteiger partial charge in [0.1, 0.15) is 0 Å². The van der Waals surface area contributed by atoms with Crippen LogP contribution >= 0.6 is 0 Å². The number of urea groups is 1. The number of carbonyl (C=O) groups is 1. The molecule has 12 heavy (non-hydrogen) atoms. The van der Waals surface area contributed by atoms with Crippen LogP contribution in [0.25, 0.3) is 0 Å². The third-order valence-corrected chi connectivity index (χ3v) is 2.33. The molecule has 0 heterocycles. The van der Waals surface area contributed by atoms with Gasteiger partial charge in [0.25, 0.3) is 0 Å². The molecule has 0 unspecified atom stereocenters. The zero-order valence-electron chi connectivity index (χ0n) is 7.42. The summed E-state index contributed by atoms with van der Waals surface area (Å²) in [7, 11) is 1.62. The third kappa shape index (κ3) is 1.88. The van der Waals surface area contributed by atoms with E-state index >= 15 is 0 Å². The fourth-order valence-corrected chi connectivity index (χ4v) is 1.40. The average Bonchev–Trinajstić information content (AvgIpc) is 1.99. The number of carbonyl (C=O) groups excluding carboxylic acids is 1. The molecule has 0 aromatic carbocycles. The Hall–Kier alpha value is -0.770. The third-order valence-electron chi connectivity index (χ3n) is 2.33. The molecule has 0 saturated heterocycles. The fourth-order valence-electron chi connectivity index (χ4n) is 1.40. The maximum absolute atomic E-state index is 11.2. The number of amides is 2. The number of nitrogens with one attached hydrogen (secondary N) is 1. The van der Waals surface area contributed by atoms with Crippen LogP contribution in [-0.4, -0.2) is 42.3 Å². The molecule has 0 aliphatic heterocycles. The van der Waals surface area contributed by atoms with Crippen LogP contribution < -0.4 is 5.32 Å². The molecular weight excluding hydrogens is 156 g/mol. The number of aliphatic hydroxyl groups excluding tert-OH is 1. The van der Waals surface area contributed by atoms with E-state index in [1.54, 1.807) is 11.9 Å². The fraction of sp³-hybridized carbons (Fsp3) is 0.875. The van der Waals surface area contributed by atoms with Crippen molar-refractivity contribution in [1.82, 2.24) is 10.2 Å². The van der Waals surface area contributed by atoms with Crippen molar-refractivity contribution in [3.05, 3.63) is 0 Å². The molecule has 0 radical (unpaired) electrons. The molecule has 1 rings (SSSR count). The van der Waals surface area contributed by atoms with E-state index < -0.39 is 0 Å². The lowest BCUT2D eigenvalue weighted by Crippen LogP contribution is -2.49. The predicted molar refractivity (Wildman–Crippen MR) is 45.9 cm³/mol. The SMILES string of the molecule is CNC(=O)N(CCO)C1CCC1. The van der Waals surface area contributed by atoms with E-state index in [-0.39, 0.29) is 12.6 Å². The van der Waals surface area contributed by atoms with Crippen LogP contribution in [-0.2, 0) is 0 Å². The lowest BCUT2D eigenvalue weighted by molar-refractivity contribution is 0.120. The van der Waals surface area contributed by atoms with Gasteiger partial charge in [-0.3, -0.25) is 0 Å². The number of nitrogens with zero attached hydrogens (tertiary/aromatic N) is 1. The van der Waals surface area contributed by atoms with Gasteiger partial charge < -0.3 is 15.3 Å². The standard InChI is InChI=1S/C8H16N2O2/c1-9-8(12)10(5-6-11)7-3-2-4-7/h7,11H,2-6H2,1H3,(H,9,12). The van der Waals surface area contributed by atoms with Crippen molar-refractivity contribution in [3.8, 4) is 0 Å². The second kappa shape index (κ2) is 4.30. The topological polar surface area (TPSA) is 52.6 Å². The average molecular weight is 172 g/mol. The summed E-state index contributed by atoms with van der Waals surface area (Å²) in [6, 6.07) is 0.283. The zero-order chi connectivity index (χ0) is 8.97. The van der Waals surface area contributed by atoms with Crippen molar-refractivity contribution in [2.24, 2.45) is 0 Å². The smallest absolute Gasteiger partial charge is 0.317 e. The maximum Gasteiger partial charge on any atom is 0.317 e. The first-order valence-electron chi connectivity index (χ1n) is 4.38. The minimum atomic E-state index is -0.0752. The van der Waals surface area contributed by atoms with Gasteiger partial charge in [0.05, 0.1) is 6.61 Å². The number of rotatable bonds is 3. The normalized spacial score (nSPS) is 16.8. The molecule has 0 atom stereocenters. The van der Waals surface area contributed by atoms with E-state index in [4.69, 9.17) is 5.11 Å². The molecule has 0 spiro atoms. The monoisotopic (exact) mass is 172 g/mol. The van der Waals surface area contributed by atoms with Crippen molar-refractivity contribution in [3.63, 3.8) is 0 Å². The van der Waals surface area contributed by atoms with Gasteiger partial charge in [0.15, 0.2) is 0 Å². The lowest BCUT2D eigenvalue weighted by Gasteiger charge is -2.36. The van der Waals surface area contributed by atoms with E-state index in [2.05, 4.69) is 5.32 Å². The van der Waals surface area contributed by atoms with E-state index in [0.717, 1.165) is 12.8 Å². The second-order valence-corrected chi connectivity index (χ2v) is 3.06. The van der Waals surface area contributed by atoms with Gasteiger partial charge in [-0.15, -0.1) is 0 Å². The summed E-state index contributed by atoms with van der Waals surface area (Å²) < 4.78 is 0. The highest BCUT2D eigenvalue weighted by Gasteiger charge is 2.27. The summed E-state index contributed by atoms with van der Waals surface area (Å²) in [6.07, 6.45) is 3.35. The summed E-state index contributed by atoms with van der Waals surface area (Å²) in [4.78, 5) is 13.0. The van der Waals surface area contributed by atoms with Gasteiger partial charge in [0.2, 0.25) is 0 Å². The molecule has 4 heteroatoms. The zero-order valence-corrected chi connectivity index (χ0v) is 7.42. The first-order chi connectivity index (χ1) is 5.79. The Balaban J connectivity index is 2.41. The van der Waals surface area contributed by atoms with E-state index in [9.17, 15) is 4.79 Å². The molecule has 0 aromatic heterocycles. The summed E-state index contributed by atoms with van der Waals surface area (Å²) in [5, 5.41) is 11.3. The van der Waals surface area contributed by atoms with Gasteiger partial charge in [-0.1, -0.05) is 0 Å². The molecular formula is C8H16N2O2. The lowest BCUT2D eigenvalue weighted by atomic mass is 9.92. The number of hydrogen-bond acceptors (Lipinski definition) is 2. The van der Waals surface area contributed by atoms with Gasteiger partial charge in [-0.25, -0.2) is 4.79 Å². The quantitative estimate of drug-likeness (QED) is 0.637. The molecule has 2 amide bonds. The highest BCUT2D eigenvalue weighted by atomic mass is 16.3. The Morgan fingerprint density at radius 3 is 2.67 bits per heavy atom. The Labute approximate surface area is 72.6 Å². The van der Waals surface area contributed by atoms with Crippen LogP contribution in [0.15, 0.2) is 0 Å². The molecule has 1 aliphatic carbocycles. The van der Waals surface area contributed by atoms with Crippen LogP contribution in [0.1, 0.15) is 19.3 Å². The summed E-state index contributed by atoms with van der Waals surface area (Å²) in [6.45, 7) is 0.494. The highest BCUT2D eigenvalue weighted by molar-refractivity contribution is 5.74. The Morgan fingerprint density at radius 1 is 1.67 bits per heavy atom. The van der Waals surface area contributed by atoms with Gasteiger partial charge in [-0.2, -0.15) is 0 Å². The Bertz CT molecular complexity index is 157. The predicted octanol–water partition coefficient (Wildman–Crippen LogP) is 0.173. The number of hydrogen-bond donors (Lipinski definition) is 2. The molecule has 2 N–H and O–H groups in total. The van der Waals surface area contributed by atoms with Crippen LogP contribution in [0.3, 0.4) is 0 Å². The van der Waals surface area contributed by atoms with E-state index in [1.165, 1.54) is 6.42 Å². The van der Waals surface area contributed by atoms with Crippen molar-refractivity contribution < 1.29 is 9.90 Å². The van der Waals surface area contributed by atoms with Crippen LogP contribution in [0.4, 0.5) is 4.79 Å². The first-order valence-corrected chi connectivity index (χ1v) is 4.38. The molecule has 0 bridgehead atoms. The van der Waals surface area contributed by atoms with Crippen molar-refractivity contribution in [2.75, 3.05) is 20.2 Å². The van der Waals surface area contributed by atoms with Crippen molar-refractivity contribution >= 4 is 6.03 Å². The van der Waals surface area contributed by atoms with Gasteiger partial charge in [-0.05, 0) is 19.3 Å².